The molecule has 4 heteroatoms. The van der Waals surface area contributed by atoms with Crippen molar-refractivity contribution in [3.05, 3.63) is 70.8 Å². The molecule has 1 amide bonds. The van der Waals surface area contributed by atoms with Crippen LogP contribution in [0.1, 0.15) is 49.1 Å². The summed E-state index contributed by atoms with van der Waals surface area (Å²) in [5.41, 5.74) is 5.34. The van der Waals surface area contributed by atoms with E-state index in [1.807, 2.05) is 11.8 Å². The predicted molar refractivity (Wildman–Crippen MR) is 114 cm³/mol. The fourth-order valence-corrected chi connectivity index (χ4v) is 3.86. The highest BCUT2D eigenvalue weighted by Gasteiger charge is 2.28. The van der Waals surface area contributed by atoms with Crippen LogP contribution in [0.4, 0.5) is 4.79 Å². The predicted octanol–water partition coefficient (Wildman–Crippen LogP) is 4.67. The molecule has 0 spiro atoms. The summed E-state index contributed by atoms with van der Waals surface area (Å²) in [4.78, 5) is 16.3. The Morgan fingerprint density at radius 1 is 0.821 bits per heavy atom. The highest BCUT2D eigenvalue weighted by Crippen LogP contribution is 2.30. The zero-order valence-electron chi connectivity index (χ0n) is 17.4. The van der Waals surface area contributed by atoms with Crippen LogP contribution >= 0.6 is 0 Å². The number of hydrogen-bond donors (Lipinski definition) is 0. The second-order valence-electron chi connectivity index (χ2n) is 7.31. The molecule has 4 nitrogen and oxygen atoms in total. The number of benzene rings is 2. The van der Waals surface area contributed by atoms with Crippen LogP contribution in [0.5, 0.6) is 0 Å². The first kappa shape index (κ1) is 20.4. The van der Waals surface area contributed by atoms with Gasteiger partial charge in [0.25, 0.3) is 0 Å². The van der Waals surface area contributed by atoms with Gasteiger partial charge in [0.15, 0.2) is 0 Å². The van der Waals surface area contributed by atoms with Crippen molar-refractivity contribution in [2.45, 2.75) is 39.7 Å². The number of ether oxygens (including phenoxy) is 1. The zero-order chi connectivity index (χ0) is 19.9. The highest BCUT2D eigenvalue weighted by molar-refractivity contribution is 5.67. The van der Waals surface area contributed by atoms with E-state index in [0.717, 1.165) is 25.9 Å². The lowest BCUT2D eigenvalue weighted by atomic mass is 9.94. The van der Waals surface area contributed by atoms with Crippen molar-refractivity contribution >= 4 is 6.09 Å². The number of hydrogen-bond acceptors (Lipinski definition) is 3. The maximum atomic E-state index is 12.0. The van der Waals surface area contributed by atoms with Crippen LogP contribution in [0.3, 0.4) is 0 Å². The van der Waals surface area contributed by atoms with Crippen molar-refractivity contribution in [1.29, 1.82) is 0 Å². The van der Waals surface area contributed by atoms with E-state index in [2.05, 4.69) is 67.3 Å². The second kappa shape index (κ2) is 9.74. The van der Waals surface area contributed by atoms with Crippen molar-refractivity contribution in [1.82, 2.24) is 9.80 Å². The first-order valence-corrected chi connectivity index (χ1v) is 10.5. The Balaban J connectivity index is 1.83. The van der Waals surface area contributed by atoms with Crippen molar-refractivity contribution < 1.29 is 9.53 Å². The molecular formula is C24H32N2O2. The minimum absolute atomic E-state index is 0.196. The van der Waals surface area contributed by atoms with E-state index in [0.29, 0.717) is 19.7 Å². The van der Waals surface area contributed by atoms with Crippen LogP contribution in [-0.4, -0.2) is 48.7 Å². The summed E-state index contributed by atoms with van der Waals surface area (Å²) in [5, 5.41) is 0. The number of carbonyl (C=O) groups is 1. The van der Waals surface area contributed by atoms with Gasteiger partial charge in [-0.25, -0.2) is 4.79 Å². The third-order valence-electron chi connectivity index (χ3n) is 5.61. The summed E-state index contributed by atoms with van der Waals surface area (Å²) in [6, 6.07) is 18.2. The molecular weight excluding hydrogens is 348 g/mol. The third kappa shape index (κ3) is 4.74. The molecule has 0 N–H and O–H groups in total. The Morgan fingerprint density at radius 2 is 1.29 bits per heavy atom. The lowest BCUT2D eigenvalue weighted by molar-refractivity contribution is 0.0715. The van der Waals surface area contributed by atoms with E-state index in [-0.39, 0.29) is 12.1 Å². The Morgan fingerprint density at radius 3 is 1.68 bits per heavy atom. The summed E-state index contributed by atoms with van der Waals surface area (Å²) >= 11 is 0. The smallest absolute Gasteiger partial charge is 0.409 e. The van der Waals surface area contributed by atoms with Crippen LogP contribution in [0.2, 0.25) is 0 Å². The van der Waals surface area contributed by atoms with Gasteiger partial charge in [-0.2, -0.15) is 0 Å². The molecule has 1 fully saturated rings. The maximum Gasteiger partial charge on any atom is 0.409 e. The molecule has 0 bridgehead atoms. The highest BCUT2D eigenvalue weighted by atomic mass is 16.6. The molecule has 1 heterocycles. The third-order valence-corrected chi connectivity index (χ3v) is 5.61. The molecule has 0 aromatic heterocycles. The molecule has 2 aromatic carbocycles. The molecule has 28 heavy (non-hydrogen) atoms. The van der Waals surface area contributed by atoms with E-state index in [1.165, 1.54) is 22.3 Å². The summed E-state index contributed by atoms with van der Waals surface area (Å²) in [7, 11) is 0. The molecule has 2 aromatic rings. The van der Waals surface area contributed by atoms with Crippen molar-refractivity contribution in [3.63, 3.8) is 0 Å². The molecule has 150 valence electrons. The zero-order valence-corrected chi connectivity index (χ0v) is 17.4. The standard InChI is InChI=1S/C24H32N2O2/c1-4-19-7-11-21(12-8-19)23(22-13-9-20(5-2)10-14-22)25-15-17-26(18-16-25)24(27)28-6-3/h7-14,23H,4-6,15-18H2,1-3H3. The number of amides is 1. The number of rotatable bonds is 6. The lowest BCUT2D eigenvalue weighted by Gasteiger charge is -2.39. The average molecular weight is 381 g/mol. The molecule has 0 radical (unpaired) electrons. The van der Waals surface area contributed by atoms with Gasteiger partial charge in [-0.05, 0) is 42.0 Å². The van der Waals surface area contributed by atoms with E-state index in [4.69, 9.17) is 4.74 Å². The molecule has 0 aliphatic carbocycles. The Kier molecular flexibility index (Phi) is 7.10. The minimum atomic E-state index is -0.196. The molecule has 0 unspecified atom stereocenters. The minimum Gasteiger partial charge on any atom is -0.450 e. The van der Waals surface area contributed by atoms with Gasteiger partial charge >= 0.3 is 6.09 Å². The van der Waals surface area contributed by atoms with Crippen molar-refractivity contribution in [2.75, 3.05) is 32.8 Å². The molecule has 1 aliphatic rings. The van der Waals surface area contributed by atoms with E-state index in [1.54, 1.807) is 0 Å². The van der Waals surface area contributed by atoms with Gasteiger partial charge in [0, 0.05) is 26.2 Å². The number of carbonyl (C=O) groups excluding carboxylic acids is 1. The van der Waals surface area contributed by atoms with Crippen LogP contribution in [0.25, 0.3) is 0 Å². The normalized spacial score (nSPS) is 15.1. The molecule has 1 aliphatic heterocycles. The van der Waals surface area contributed by atoms with Crippen molar-refractivity contribution in [3.8, 4) is 0 Å². The molecule has 0 atom stereocenters. The van der Waals surface area contributed by atoms with Crippen LogP contribution < -0.4 is 0 Å². The van der Waals surface area contributed by atoms with E-state index >= 15 is 0 Å². The van der Waals surface area contributed by atoms with Gasteiger partial charge in [-0.15, -0.1) is 0 Å². The Hall–Kier alpha value is -2.33. The lowest BCUT2D eigenvalue weighted by Crippen LogP contribution is -2.50. The van der Waals surface area contributed by atoms with Gasteiger partial charge in [-0.1, -0.05) is 62.4 Å². The van der Waals surface area contributed by atoms with Gasteiger partial charge < -0.3 is 9.64 Å². The van der Waals surface area contributed by atoms with E-state index in [9.17, 15) is 4.79 Å². The summed E-state index contributed by atoms with van der Waals surface area (Å²) < 4.78 is 5.17. The van der Waals surface area contributed by atoms with Gasteiger partial charge in [0.2, 0.25) is 0 Å². The second-order valence-corrected chi connectivity index (χ2v) is 7.31. The topological polar surface area (TPSA) is 32.8 Å². The number of nitrogens with zero attached hydrogens (tertiary/aromatic N) is 2. The number of piperazine rings is 1. The fourth-order valence-electron chi connectivity index (χ4n) is 3.86. The largest absolute Gasteiger partial charge is 0.450 e. The van der Waals surface area contributed by atoms with E-state index < -0.39 is 0 Å². The van der Waals surface area contributed by atoms with Gasteiger partial charge in [-0.3, -0.25) is 4.90 Å². The summed E-state index contributed by atoms with van der Waals surface area (Å²) in [5.74, 6) is 0. The first-order chi connectivity index (χ1) is 13.7. The molecule has 1 saturated heterocycles. The SMILES string of the molecule is CCOC(=O)N1CCN(C(c2ccc(CC)cc2)c2ccc(CC)cc2)CC1. The monoisotopic (exact) mass is 380 g/mol. The van der Waals surface area contributed by atoms with Crippen LogP contribution in [0, 0.1) is 0 Å². The van der Waals surface area contributed by atoms with Crippen LogP contribution in [0.15, 0.2) is 48.5 Å². The average Bonchev–Trinajstić information content (AvgIpc) is 2.75. The summed E-state index contributed by atoms with van der Waals surface area (Å²) in [6.45, 7) is 9.74. The Labute approximate surface area is 169 Å². The summed E-state index contributed by atoms with van der Waals surface area (Å²) in [6.07, 6.45) is 1.90. The number of aryl methyl sites for hydroxylation is 2. The fraction of sp³-hybridized carbons (Fsp3) is 0.458. The molecule has 0 saturated carbocycles. The quantitative estimate of drug-likeness (QED) is 0.730. The van der Waals surface area contributed by atoms with Crippen LogP contribution in [-0.2, 0) is 17.6 Å². The first-order valence-electron chi connectivity index (χ1n) is 10.5. The Bertz CT molecular complexity index is 700. The van der Waals surface area contributed by atoms with Gasteiger partial charge in [0.1, 0.15) is 0 Å². The van der Waals surface area contributed by atoms with Gasteiger partial charge in [0.05, 0.1) is 12.6 Å². The molecule has 3 rings (SSSR count). The van der Waals surface area contributed by atoms with Crippen molar-refractivity contribution in [2.24, 2.45) is 0 Å². The maximum absolute atomic E-state index is 12.0.